The van der Waals surface area contributed by atoms with Crippen LogP contribution in [-0.4, -0.2) is 36.5 Å². The second-order valence-corrected chi connectivity index (χ2v) is 5.14. The normalized spacial score (nSPS) is 26.9. The van der Waals surface area contributed by atoms with Crippen LogP contribution in [0.15, 0.2) is 24.3 Å². The van der Waals surface area contributed by atoms with Gasteiger partial charge in [0.05, 0.1) is 6.61 Å². The molecule has 2 atom stereocenters. The second kappa shape index (κ2) is 4.61. The van der Waals surface area contributed by atoms with E-state index in [1.165, 1.54) is 5.56 Å². The van der Waals surface area contributed by atoms with Crippen molar-refractivity contribution in [2.75, 3.05) is 19.7 Å². The number of nitrogens with zero attached hydrogens (tertiary/aromatic N) is 1. The first-order valence-electron chi connectivity index (χ1n) is 6.49. The number of amides is 1. The fourth-order valence-electron chi connectivity index (χ4n) is 2.77. The van der Waals surface area contributed by atoms with E-state index in [1.54, 1.807) is 0 Å². The van der Waals surface area contributed by atoms with E-state index in [9.17, 15) is 4.79 Å². The second-order valence-electron chi connectivity index (χ2n) is 5.14. The summed E-state index contributed by atoms with van der Waals surface area (Å²) < 4.78 is 5.65. The van der Waals surface area contributed by atoms with Crippen LogP contribution in [0.3, 0.4) is 0 Å². The summed E-state index contributed by atoms with van der Waals surface area (Å²) in [5, 5.41) is 0. The number of para-hydroxylation sites is 1. The highest BCUT2D eigenvalue weighted by atomic mass is 16.5. The average Bonchev–Trinajstić information content (AvgIpc) is 2.78. The summed E-state index contributed by atoms with van der Waals surface area (Å²) in [4.78, 5) is 13.8. The third kappa shape index (κ3) is 2.08. The highest BCUT2D eigenvalue weighted by Crippen LogP contribution is 2.34. The van der Waals surface area contributed by atoms with Crippen LogP contribution in [0, 0.1) is 0 Å². The zero-order chi connectivity index (χ0) is 12.5. The Morgan fingerprint density at radius 2 is 2.22 bits per heavy atom. The number of rotatable bonds is 2. The molecule has 1 aromatic rings. The van der Waals surface area contributed by atoms with Crippen LogP contribution < -0.4 is 10.5 Å². The molecular weight excluding hydrogens is 228 g/mol. The van der Waals surface area contributed by atoms with Gasteiger partial charge in [-0.2, -0.15) is 0 Å². The monoisotopic (exact) mass is 246 g/mol. The predicted octanol–water partition coefficient (Wildman–Crippen LogP) is 1.11. The third-order valence-corrected chi connectivity index (χ3v) is 3.78. The Labute approximate surface area is 107 Å². The number of hydrogen-bond donors (Lipinski definition) is 1. The molecular formula is C14H18N2O2. The molecule has 2 aliphatic rings. The zero-order valence-electron chi connectivity index (χ0n) is 10.3. The fraction of sp³-hybridized carbons (Fsp3) is 0.500. The van der Waals surface area contributed by atoms with E-state index < -0.39 is 0 Å². The van der Waals surface area contributed by atoms with Crippen molar-refractivity contribution < 1.29 is 9.53 Å². The molecule has 1 saturated heterocycles. The lowest BCUT2D eigenvalue weighted by Crippen LogP contribution is -2.47. The molecule has 0 radical (unpaired) electrons. The molecule has 2 N–H and O–H groups in total. The largest absolute Gasteiger partial charge is 0.493 e. The van der Waals surface area contributed by atoms with Crippen LogP contribution in [0.4, 0.5) is 0 Å². The first-order valence-corrected chi connectivity index (χ1v) is 6.49. The zero-order valence-corrected chi connectivity index (χ0v) is 10.3. The molecule has 2 aliphatic heterocycles. The lowest BCUT2D eigenvalue weighted by Gasteiger charge is -2.32. The molecule has 2 unspecified atom stereocenters. The molecule has 0 spiro atoms. The molecule has 1 fully saturated rings. The summed E-state index contributed by atoms with van der Waals surface area (Å²) in [6.07, 6.45) is 1.39. The summed E-state index contributed by atoms with van der Waals surface area (Å²) in [7, 11) is 0. The molecule has 3 rings (SSSR count). The highest BCUT2D eigenvalue weighted by molar-refractivity contribution is 5.77. The van der Waals surface area contributed by atoms with Gasteiger partial charge in [0.1, 0.15) is 5.75 Å². The van der Waals surface area contributed by atoms with E-state index in [1.807, 2.05) is 23.1 Å². The lowest BCUT2D eigenvalue weighted by atomic mass is 9.98. The Morgan fingerprint density at radius 3 is 3.11 bits per heavy atom. The van der Waals surface area contributed by atoms with Crippen molar-refractivity contribution in [3.05, 3.63) is 29.8 Å². The lowest BCUT2D eigenvalue weighted by molar-refractivity contribution is -0.134. The molecule has 0 bridgehead atoms. The molecule has 96 valence electrons. The maximum absolute atomic E-state index is 11.9. The molecule has 18 heavy (non-hydrogen) atoms. The number of carbonyl (C=O) groups is 1. The molecule has 1 aromatic carbocycles. The van der Waals surface area contributed by atoms with Crippen molar-refractivity contribution in [2.45, 2.75) is 24.8 Å². The SMILES string of the molecule is NC1CCC(=O)N(CC2COc3ccccc32)C1. The Kier molecular flexibility index (Phi) is 2.96. The molecule has 4 heteroatoms. The molecule has 0 saturated carbocycles. The fourth-order valence-corrected chi connectivity index (χ4v) is 2.77. The number of nitrogens with two attached hydrogens (primary N) is 1. The smallest absolute Gasteiger partial charge is 0.222 e. The molecule has 4 nitrogen and oxygen atoms in total. The standard InChI is InChI=1S/C14H18N2O2/c15-11-5-6-14(17)16(8-11)7-10-9-18-13-4-2-1-3-12(10)13/h1-4,10-11H,5-9,15H2. The van der Waals surface area contributed by atoms with Crippen LogP contribution in [-0.2, 0) is 4.79 Å². The Balaban J connectivity index is 1.72. The number of hydrogen-bond acceptors (Lipinski definition) is 3. The van der Waals surface area contributed by atoms with Crippen LogP contribution >= 0.6 is 0 Å². The van der Waals surface area contributed by atoms with E-state index in [-0.39, 0.29) is 17.9 Å². The summed E-state index contributed by atoms with van der Waals surface area (Å²) in [5.41, 5.74) is 7.14. The van der Waals surface area contributed by atoms with Gasteiger partial charge in [-0.1, -0.05) is 18.2 Å². The quantitative estimate of drug-likeness (QED) is 0.850. The van der Waals surface area contributed by atoms with Crippen molar-refractivity contribution in [1.82, 2.24) is 4.90 Å². The van der Waals surface area contributed by atoms with E-state index in [4.69, 9.17) is 10.5 Å². The third-order valence-electron chi connectivity index (χ3n) is 3.78. The Morgan fingerprint density at radius 1 is 1.39 bits per heavy atom. The summed E-state index contributed by atoms with van der Waals surface area (Å²) in [5.74, 6) is 1.47. The maximum Gasteiger partial charge on any atom is 0.222 e. The van der Waals surface area contributed by atoms with Gasteiger partial charge in [-0.3, -0.25) is 4.79 Å². The number of fused-ring (bicyclic) bond motifs is 1. The molecule has 2 heterocycles. The summed E-state index contributed by atoms with van der Waals surface area (Å²) in [6.45, 7) is 2.07. The van der Waals surface area contributed by atoms with Gasteiger partial charge in [0, 0.05) is 37.0 Å². The van der Waals surface area contributed by atoms with Crippen molar-refractivity contribution in [2.24, 2.45) is 5.73 Å². The first-order chi connectivity index (χ1) is 8.74. The van der Waals surface area contributed by atoms with Gasteiger partial charge in [0.15, 0.2) is 0 Å². The predicted molar refractivity (Wildman–Crippen MR) is 68.5 cm³/mol. The number of piperidine rings is 1. The van der Waals surface area contributed by atoms with Gasteiger partial charge in [-0.25, -0.2) is 0 Å². The van der Waals surface area contributed by atoms with Crippen molar-refractivity contribution >= 4 is 5.91 Å². The van der Waals surface area contributed by atoms with Gasteiger partial charge in [0.2, 0.25) is 5.91 Å². The number of benzene rings is 1. The minimum absolute atomic E-state index is 0.125. The Hall–Kier alpha value is -1.55. The van der Waals surface area contributed by atoms with Gasteiger partial charge in [-0.15, -0.1) is 0 Å². The van der Waals surface area contributed by atoms with Crippen LogP contribution in [0.25, 0.3) is 0 Å². The topological polar surface area (TPSA) is 55.6 Å². The minimum Gasteiger partial charge on any atom is -0.493 e. The van der Waals surface area contributed by atoms with E-state index in [0.717, 1.165) is 18.7 Å². The van der Waals surface area contributed by atoms with Gasteiger partial charge < -0.3 is 15.4 Å². The van der Waals surface area contributed by atoms with Crippen LogP contribution in [0.1, 0.15) is 24.3 Å². The van der Waals surface area contributed by atoms with Crippen molar-refractivity contribution in [3.8, 4) is 5.75 Å². The van der Waals surface area contributed by atoms with Gasteiger partial charge in [-0.05, 0) is 12.5 Å². The van der Waals surface area contributed by atoms with Gasteiger partial charge >= 0.3 is 0 Å². The number of carbonyl (C=O) groups excluding carboxylic acids is 1. The van der Waals surface area contributed by atoms with Crippen LogP contribution in [0.5, 0.6) is 5.75 Å². The summed E-state index contributed by atoms with van der Waals surface area (Å²) >= 11 is 0. The minimum atomic E-state index is 0.125. The Bertz CT molecular complexity index is 461. The van der Waals surface area contributed by atoms with Crippen molar-refractivity contribution in [1.29, 1.82) is 0 Å². The number of ether oxygens (including phenoxy) is 1. The molecule has 0 aromatic heterocycles. The first kappa shape index (κ1) is 11.5. The van der Waals surface area contributed by atoms with Gasteiger partial charge in [0.25, 0.3) is 0 Å². The summed E-state index contributed by atoms with van der Waals surface area (Å²) in [6, 6.07) is 8.19. The van der Waals surface area contributed by atoms with E-state index in [2.05, 4.69) is 6.07 Å². The maximum atomic E-state index is 11.9. The average molecular weight is 246 g/mol. The van der Waals surface area contributed by atoms with E-state index in [0.29, 0.717) is 19.6 Å². The van der Waals surface area contributed by atoms with Crippen molar-refractivity contribution in [3.63, 3.8) is 0 Å². The number of likely N-dealkylation sites (tertiary alicyclic amines) is 1. The van der Waals surface area contributed by atoms with E-state index >= 15 is 0 Å². The molecule has 1 amide bonds. The van der Waals surface area contributed by atoms with Crippen LogP contribution in [0.2, 0.25) is 0 Å². The highest BCUT2D eigenvalue weighted by Gasteiger charge is 2.30. The molecule has 0 aliphatic carbocycles.